The molecule has 0 amide bonds. The molecule has 16 heteroatoms. The monoisotopic (exact) mass is 395 g/mol. The van der Waals surface area contributed by atoms with Crippen molar-refractivity contribution in [2.45, 2.75) is 49.1 Å². The number of alkyl halides is 14. The Kier molecular flexibility index (Phi) is 4.16. The molecule has 0 bridgehead atoms. The summed E-state index contributed by atoms with van der Waals surface area (Å²) in [6, 6.07) is -14.5. The van der Waals surface area contributed by atoms with Crippen molar-refractivity contribution in [2.24, 2.45) is 0 Å². The number of hydrogen-bond acceptors (Lipinski definition) is 2. The maximum absolute atomic E-state index is 13.7. The van der Waals surface area contributed by atoms with Crippen molar-refractivity contribution in [3.63, 3.8) is 0 Å². The molecule has 0 aromatic carbocycles. The van der Waals surface area contributed by atoms with Gasteiger partial charge in [-0.3, -0.25) is 0 Å². The molecule has 2 nitrogen and oxygen atoms in total. The molecule has 0 radical (unpaired) electrons. The van der Waals surface area contributed by atoms with Crippen LogP contribution in [0.15, 0.2) is 0 Å². The van der Waals surface area contributed by atoms with Crippen LogP contribution < -0.4 is 0 Å². The molecule has 1 atom stereocenters. The molecule has 0 spiro atoms. The van der Waals surface area contributed by atoms with Crippen molar-refractivity contribution in [1.29, 1.82) is 0 Å². The molecule has 24 heavy (non-hydrogen) atoms. The molecule has 1 heterocycles. The highest BCUT2D eigenvalue weighted by atomic mass is 19.4. The Labute approximate surface area is 121 Å². The first kappa shape index (κ1) is 21.0. The van der Waals surface area contributed by atoms with Crippen LogP contribution in [-0.2, 0) is 4.74 Å². The van der Waals surface area contributed by atoms with Gasteiger partial charge in [-0.15, -0.1) is 4.90 Å². The molecular weight excluding hydrogens is 392 g/mol. The Morgan fingerprint density at radius 3 is 1.17 bits per heavy atom. The fraction of sp³-hybridized carbons (Fsp3) is 1.00. The minimum atomic E-state index is -7.43. The topological polar surface area (TPSA) is 12.5 Å². The zero-order valence-electron chi connectivity index (χ0n) is 10.6. The smallest absolute Gasteiger partial charge is 0.243 e. The lowest BCUT2D eigenvalue weighted by atomic mass is 10.0. The Morgan fingerprint density at radius 2 is 0.958 bits per heavy atom. The summed E-state index contributed by atoms with van der Waals surface area (Å²) >= 11 is 0. The summed E-state index contributed by atoms with van der Waals surface area (Å²) in [4.78, 5) is -3.91. The Balaban J connectivity index is 3.89. The fourth-order valence-corrected chi connectivity index (χ4v) is 1.68. The first-order chi connectivity index (χ1) is 10.1. The van der Waals surface area contributed by atoms with Crippen LogP contribution in [-0.4, -0.2) is 47.1 Å². The highest BCUT2D eigenvalue weighted by molar-refractivity contribution is 5.07. The van der Waals surface area contributed by atoms with E-state index in [1.807, 2.05) is 0 Å². The Hall–Kier alpha value is -1.06. The van der Waals surface area contributed by atoms with Crippen molar-refractivity contribution in [2.75, 3.05) is 0 Å². The summed E-state index contributed by atoms with van der Waals surface area (Å²) in [5.41, 5.74) is 0. The molecule has 1 fully saturated rings. The molecule has 0 saturated carbocycles. The van der Waals surface area contributed by atoms with E-state index in [0.29, 0.717) is 0 Å². The summed E-state index contributed by atoms with van der Waals surface area (Å²) in [5, 5.41) is 0. The van der Waals surface area contributed by atoms with Crippen LogP contribution in [0.1, 0.15) is 6.92 Å². The van der Waals surface area contributed by atoms with E-state index in [1.54, 1.807) is 4.74 Å². The molecule has 1 saturated heterocycles. The van der Waals surface area contributed by atoms with Crippen molar-refractivity contribution in [3.8, 4) is 0 Å². The Morgan fingerprint density at radius 1 is 0.667 bits per heavy atom. The molecular formula is C8H3F14NO. The minimum absolute atomic E-state index is 1.20. The highest BCUT2D eigenvalue weighted by Gasteiger charge is 2.92. The van der Waals surface area contributed by atoms with Crippen LogP contribution in [0.4, 0.5) is 61.5 Å². The summed E-state index contributed by atoms with van der Waals surface area (Å²) in [7, 11) is 0. The van der Waals surface area contributed by atoms with Gasteiger partial charge >= 0.3 is 42.2 Å². The lowest BCUT2D eigenvalue weighted by molar-refractivity contribution is -0.595. The van der Waals surface area contributed by atoms with E-state index in [9.17, 15) is 61.5 Å². The molecule has 1 aliphatic rings. The molecule has 144 valence electrons. The van der Waals surface area contributed by atoms with E-state index < -0.39 is 54.0 Å². The van der Waals surface area contributed by atoms with Gasteiger partial charge in [-0.25, -0.2) is 17.9 Å². The second-order valence-electron chi connectivity index (χ2n) is 4.56. The van der Waals surface area contributed by atoms with Gasteiger partial charge < -0.3 is 0 Å². The molecule has 1 rings (SSSR count). The number of nitrogens with zero attached hydrogens (tertiary/aromatic N) is 1. The summed E-state index contributed by atoms with van der Waals surface area (Å²) in [5.74, 6) is -13.6. The zero-order chi connectivity index (χ0) is 19.8. The summed E-state index contributed by atoms with van der Waals surface area (Å²) in [6.07, 6.45) is -21.2. The van der Waals surface area contributed by atoms with E-state index >= 15 is 0 Å². The predicted octanol–water partition coefficient (Wildman–Crippen LogP) is 4.57. The fourth-order valence-electron chi connectivity index (χ4n) is 1.68. The van der Waals surface area contributed by atoms with E-state index in [2.05, 4.69) is 0 Å². The third kappa shape index (κ3) is 2.40. The molecule has 1 unspecified atom stereocenters. The highest BCUT2D eigenvalue weighted by Crippen LogP contribution is 2.63. The van der Waals surface area contributed by atoms with Crippen molar-refractivity contribution < 1.29 is 66.2 Å². The van der Waals surface area contributed by atoms with Gasteiger partial charge in [-0.1, -0.05) is 0 Å². The van der Waals surface area contributed by atoms with Gasteiger partial charge in [0.15, 0.2) is 0 Å². The van der Waals surface area contributed by atoms with Gasteiger partial charge in [-0.05, 0) is 0 Å². The number of halogens is 14. The van der Waals surface area contributed by atoms with E-state index in [0.717, 1.165) is 0 Å². The quantitative estimate of drug-likeness (QED) is 0.502. The van der Waals surface area contributed by atoms with Gasteiger partial charge in [-0.2, -0.15) is 48.3 Å². The van der Waals surface area contributed by atoms with Gasteiger partial charge in [0.1, 0.15) is 0 Å². The maximum atomic E-state index is 13.7. The molecule has 0 aromatic heterocycles. The first-order valence-electron chi connectivity index (χ1n) is 5.22. The predicted molar refractivity (Wildman–Crippen MR) is 43.2 cm³/mol. The van der Waals surface area contributed by atoms with E-state index in [-0.39, 0.29) is 0 Å². The van der Waals surface area contributed by atoms with Gasteiger partial charge in [0, 0.05) is 6.92 Å². The van der Waals surface area contributed by atoms with Crippen LogP contribution in [0.3, 0.4) is 0 Å². The number of ether oxygens (including phenoxy) is 1. The zero-order valence-corrected chi connectivity index (χ0v) is 10.6. The SMILES string of the molecule is CC(F)(F)C(F)(N1C(F)(F)C(F)(F)OC(F)(F)C1(F)F)C(F)(F)F. The van der Waals surface area contributed by atoms with Crippen molar-refractivity contribution in [3.05, 3.63) is 0 Å². The Bertz CT molecular complexity index is 464. The van der Waals surface area contributed by atoms with Gasteiger partial charge in [0.2, 0.25) is 0 Å². The van der Waals surface area contributed by atoms with Crippen molar-refractivity contribution >= 4 is 0 Å². The second-order valence-corrected chi connectivity index (χ2v) is 4.56. The van der Waals surface area contributed by atoms with Crippen LogP contribution >= 0.6 is 0 Å². The normalized spacial score (nSPS) is 29.1. The van der Waals surface area contributed by atoms with Crippen LogP contribution in [0.2, 0.25) is 0 Å². The molecule has 0 N–H and O–H groups in total. The molecule has 0 aromatic rings. The summed E-state index contributed by atoms with van der Waals surface area (Å²) in [6.45, 7) is -1.20. The average Bonchev–Trinajstić information content (AvgIpc) is 2.21. The lowest BCUT2D eigenvalue weighted by Gasteiger charge is -2.52. The van der Waals surface area contributed by atoms with Crippen LogP contribution in [0, 0.1) is 0 Å². The third-order valence-corrected chi connectivity index (χ3v) is 2.78. The second kappa shape index (κ2) is 4.76. The van der Waals surface area contributed by atoms with E-state index in [1.165, 1.54) is 0 Å². The lowest BCUT2D eigenvalue weighted by Crippen LogP contribution is -2.83. The number of hydrogen-bond donors (Lipinski definition) is 0. The van der Waals surface area contributed by atoms with Crippen LogP contribution in [0.5, 0.6) is 0 Å². The van der Waals surface area contributed by atoms with Crippen LogP contribution in [0.25, 0.3) is 0 Å². The average molecular weight is 395 g/mol. The summed E-state index contributed by atoms with van der Waals surface area (Å²) < 4.78 is 183. The molecule has 0 aliphatic carbocycles. The molecule has 1 aliphatic heterocycles. The minimum Gasteiger partial charge on any atom is -0.243 e. The first-order valence-corrected chi connectivity index (χ1v) is 5.22. The van der Waals surface area contributed by atoms with Gasteiger partial charge in [0.25, 0.3) is 0 Å². The standard InChI is InChI=1S/C8H3F14NO/c1-2(9,10)3(11,4(12,13)14)23-5(15,16)7(19,20)24-8(21,22)6(23,17)18/h1H3. The number of rotatable bonds is 2. The largest absolute Gasteiger partial charge is 0.443 e. The van der Waals surface area contributed by atoms with Crippen molar-refractivity contribution in [1.82, 2.24) is 4.90 Å². The van der Waals surface area contributed by atoms with Gasteiger partial charge in [0.05, 0.1) is 0 Å². The maximum Gasteiger partial charge on any atom is 0.443 e. The number of morpholine rings is 1. The third-order valence-electron chi connectivity index (χ3n) is 2.78. The van der Waals surface area contributed by atoms with E-state index in [4.69, 9.17) is 0 Å².